The van der Waals surface area contributed by atoms with Gasteiger partial charge in [-0.2, -0.15) is 4.99 Å². The Morgan fingerprint density at radius 1 is 1.04 bits per heavy atom. The first-order chi connectivity index (χ1) is 12.5. The Bertz CT molecular complexity index is 720. The van der Waals surface area contributed by atoms with Crippen LogP contribution in [0.25, 0.3) is 0 Å². The van der Waals surface area contributed by atoms with Crippen LogP contribution in [0.2, 0.25) is 5.04 Å². The Kier molecular flexibility index (Phi) is 6.87. The molecule has 0 fully saturated rings. The monoisotopic (exact) mass is 365 g/mol. The molecule has 2 aromatic rings. The first-order valence-corrected chi connectivity index (χ1v) is 10.8. The summed E-state index contributed by atoms with van der Waals surface area (Å²) in [5.74, 6) is 0. The Morgan fingerprint density at radius 3 is 1.92 bits per heavy atom. The van der Waals surface area contributed by atoms with Gasteiger partial charge in [0.25, 0.3) is 8.32 Å². The van der Waals surface area contributed by atoms with Crippen molar-refractivity contribution in [1.82, 2.24) is 0 Å². The van der Waals surface area contributed by atoms with Crippen molar-refractivity contribution in [2.75, 3.05) is 6.61 Å². The number of aliphatic imine (C=N–C) groups is 1. The smallest absolute Gasteiger partial charge is 0.261 e. The second-order valence-electron chi connectivity index (χ2n) is 7.29. The molecule has 0 amide bonds. The fraction of sp³-hybridized carbons (Fsp3) is 0.318. The number of allylic oxidation sites excluding steroid dienone is 1. The first-order valence-electron chi connectivity index (χ1n) is 8.90. The summed E-state index contributed by atoms with van der Waals surface area (Å²) >= 11 is 0. The number of hydrogen-bond donors (Lipinski definition) is 0. The molecule has 26 heavy (non-hydrogen) atoms. The van der Waals surface area contributed by atoms with Crippen LogP contribution in [0.4, 0.5) is 0 Å². The molecule has 0 saturated heterocycles. The molecule has 0 aromatic heterocycles. The molecule has 0 saturated carbocycles. The lowest BCUT2D eigenvalue weighted by atomic mass is 10.2. The molecule has 2 aromatic carbocycles. The number of carbonyl (C=O) groups excluding carboxylic acids is 1. The highest BCUT2D eigenvalue weighted by Gasteiger charge is 2.50. The second kappa shape index (κ2) is 8.90. The lowest BCUT2D eigenvalue weighted by Crippen LogP contribution is -2.67. The largest absolute Gasteiger partial charge is 0.405 e. The molecule has 136 valence electrons. The molecule has 0 bridgehead atoms. The van der Waals surface area contributed by atoms with Gasteiger partial charge in [-0.3, -0.25) is 0 Å². The number of hydrogen-bond acceptors (Lipinski definition) is 3. The molecule has 0 N–H and O–H groups in total. The first kappa shape index (κ1) is 20.1. The lowest BCUT2D eigenvalue weighted by molar-refractivity contribution is 0.288. The summed E-state index contributed by atoms with van der Waals surface area (Å²) in [4.78, 5) is 14.7. The minimum absolute atomic E-state index is 0.0962. The highest BCUT2D eigenvalue weighted by atomic mass is 28.4. The van der Waals surface area contributed by atoms with Crippen LogP contribution in [0.15, 0.2) is 77.8 Å². The molecule has 3 nitrogen and oxygen atoms in total. The van der Waals surface area contributed by atoms with Gasteiger partial charge in [0.15, 0.2) is 0 Å². The summed E-state index contributed by atoms with van der Waals surface area (Å²) in [6.07, 6.45) is 5.43. The zero-order chi connectivity index (χ0) is 19.0. The number of nitrogens with zero attached hydrogens (tertiary/aromatic N) is 1. The molecule has 0 unspecified atom stereocenters. The van der Waals surface area contributed by atoms with Crippen LogP contribution in [0, 0.1) is 0 Å². The molecule has 0 aliphatic heterocycles. The molecule has 4 heteroatoms. The summed E-state index contributed by atoms with van der Waals surface area (Å²) in [6, 6.07) is 20.6. The van der Waals surface area contributed by atoms with Crippen molar-refractivity contribution >= 4 is 24.8 Å². The van der Waals surface area contributed by atoms with Gasteiger partial charge < -0.3 is 4.43 Å². The van der Waals surface area contributed by atoms with Gasteiger partial charge in [0.2, 0.25) is 6.08 Å². The van der Waals surface area contributed by atoms with Gasteiger partial charge in [-0.1, -0.05) is 93.6 Å². The highest BCUT2D eigenvalue weighted by molar-refractivity contribution is 6.99. The van der Waals surface area contributed by atoms with Crippen LogP contribution in [-0.2, 0) is 9.22 Å². The SMILES string of the molecule is C/C=C/[C@@H](CO[Si](c1ccccc1)(c1ccccc1)C(C)(C)C)N=C=O. The predicted octanol–water partition coefficient (Wildman–Crippen LogP) is 3.84. The van der Waals surface area contributed by atoms with Crippen molar-refractivity contribution in [3.63, 3.8) is 0 Å². The van der Waals surface area contributed by atoms with Gasteiger partial charge >= 0.3 is 0 Å². The summed E-state index contributed by atoms with van der Waals surface area (Å²) < 4.78 is 6.75. The van der Waals surface area contributed by atoms with E-state index >= 15 is 0 Å². The van der Waals surface area contributed by atoms with E-state index in [1.165, 1.54) is 10.4 Å². The van der Waals surface area contributed by atoms with Crippen LogP contribution < -0.4 is 10.4 Å². The van der Waals surface area contributed by atoms with E-state index in [2.05, 4.69) is 74.3 Å². The highest BCUT2D eigenvalue weighted by Crippen LogP contribution is 2.36. The van der Waals surface area contributed by atoms with E-state index in [9.17, 15) is 4.79 Å². The summed E-state index contributed by atoms with van der Waals surface area (Å²) in [7, 11) is -2.59. The van der Waals surface area contributed by atoms with Crippen molar-refractivity contribution < 1.29 is 9.22 Å². The third kappa shape index (κ3) is 4.28. The van der Waals surface area contributed by atoms with Crippen LogP contribution in [0.5, 0.6) is 0 Å². The lowest BCUT2D eigenvalue weighted by Gasteiger charge is -2.43. The Labute approximate surface area is 157 Å². The molecular formula is C22H27NO2Si. The molecule has 0 radical (unpaired) electrons. The van der Waals surface area contributed by atoms with Gasteiger partial charge in [-0.25, -0.2) is 4.79 Å². The fourth-order valence-corrected chi connectivity index (χ4v) is 7.97. The third-order valence-electron chi connectivity index (χ3n) is 4.52. The minimum Gasteiger partial charge on any atom is -0.405 e. The molecule has 2 rings (SSSR count). The molecule has 1 atom stereocenters. The van der Waals surface area contributed by atoms with E-state index in [-0.39, 0.29) is 11.1 Å². The summed E-state index contributed by atoms with van der Waals surface area (Å²) in [5.41, 5.74) is 0. The van der Waals surface area contributed by atoms with Crippen molar-refractivity contribution in [1.29, 1.82) is 0 Å². The fourth-order valence-electron chi connectivity index (χ4n) is 3.40. The van der Waals surface area contributed by atoms with E-state index in [0.29, 0.717) is 6.61 Å². The van der Waals surface area contributed by atoms with Gasteiger partial charge in [0, 0.05) is 0 Å². The summed E-state index contributed by atoms with van der Waals surface area (Å²) in [6.45, 7) is 8.95. The van der Waals surface area contributed by atoms with Crippen molar-refractivity contribution in [3.05, 3.63) is 72.8 Å². The standard InChI is InChI=1S/C22H27NO2Si/c1-5-12-19(23-18-24)17-25-26(22(2,3)4,20-13-8-6-9-14-20)21-15-10-7-11-16-21/h5-16,19H,17H2,1-4H3/b12-5+/t19-/m0/s1. The van der Waals surface area contributed by atoms with Crippen LogP contribution in [0.1, 0.15) is 27.7 Å². The van der Waals surface area contributed by atoms with Gasteiger partial charge in [0.1, 0.15) is 6.04 Å². The van der Waals surface area contributed by atoms with E-state index in [1.54, 1.807) is 6.08 Å². The van der Waals surface area contributed by atoms with Crippen molar-refractivity contribution in [3.8, 4) is 0 Å². The van der Waals surface area contributed by atoms with Gasteiger partial charge in [-0.05, 0) is 22.3 Å². The average Bonchev–Trinajstić information content (AvgIpc) is 2.63. The number of isocyanates is 1. The van der Waals surface area contributed by atoms with E-state index in [0.717, 1.165) is 0 Å². The quantitative estimate of drug-likeness (QED) is 0.324. The van der Waals surface area contributed by atoms with E-state index < -0.39 is 8.32 Å². The second-order valence-corrected chi connectivity index (χ2v) is 11.6. The van der Waals surface area contributed by atoms with Crippen LogP contribution >= 0.6 is 0 Å². The van der Waals surface area contributed by atoms with E-state index in [4.69, 9.17) is 4.43 Å². The van der Waals surface area contributed by atoms with Crippen LogP contribution in [-0.4, -0.2) is 27.0 Å². The maximum absolute atomic E-state index is 10.8. The van der Waals surface area contributed by atoms with Gasteiger partial charge in [0.05, 0.1) is 6.61 Å². The van der Waals surface area contributed by atoms with Crippen molar-refractivity contribution in [2.24, 2.45) is 4.99 Å². The van der Waals surface area contributed by atoms with Crippen molar-refractivity contribution in [2.45, 2.75) is 38.8 Å². The zero-order valence-electron chi connectivity index (χ0n) is 16.0. The van der Waals surface area contributed by atoms with E-state index in [1.807, 2.05) is 31.2 Å². The predicted molar refractivity (Wildman–Crippen MR) is 110 cm³/mol. The maximum atomic E-state index is 10.8. The number of rotatable bonds is 7. The Hall–Kier alpha value is -2.26. The molecule has 0 heterocycles. The normalized spacial score (nSPS) is 13.4. The maximum Gasteiger partial charge on any atom is 0.261 e. The molecule has 0 spiro atoms. The topological polar surface area (TPSA) is 38.7 Å². The Morgan fingerprint density at radius 2 is 1.54 bits per heavy atom. The number of benzene rings is 2. The zero-order valence-corrected chi connectivity index (χ0v) is 17.0. The molecule has 0 aliphatic carbocycles. The Balaban J connectivity index is 2.58. The minimum atomic E-state index is -2.59. The average molecular weight is 366 g/mol. The molecular weight excluding hydrogens is 338 g/mol. The summed E-state index contributed by atoms with van der Waals surface area (Å²) in [5, 5.41) is 2.34. The van der Waals surface area contributed by atoms with Crippen LogP contribution in [0.3, 0.4) is 0 Å². The third-order valence-corrected chi connectivity index (χ3v) is 9.53. The van der Waals surface area contributed by atoms with Gasteiger partial charge in [-0.15, -0.1) is 0 Å². The molecule has 0 aliphatic rings.